The van der Waals surface area contributed by atoms with E-state index in [-0.39, 0.29) is 11.9 Å². The third-order valence-electron chi connectivity index (χ3n) is 3.96. The van der Waals surface area contributed by atoms with E-state index in [2.05, 4.69) is 6.92 Å². The first-order valence-corrected chi connectivity index (χ1v) is 7.09. The fraction of sp³-hybridized carbons (Fsp3) is 0.562. The summed E-state index contributed by atoms with van der Waals surface area (Å²) < 4.78 is 0. The van der Waals surface area contributed by atoms with Crippen molar-refractivity contribution in [2.24, 2.45) is 5.92 Å². The van der Waals surface area contributed by atoms with Gasteiger partial charge in [-0.3, -0.25) is 9.69 Å². The number of rotatable bonds is 3. The van der Waals surface area contributed by atoms with Crippen molar-refractivity contribution in [3.05, 3.63) is 35.9 Å². The van der Waals surface area contributed by atoms with E-state index in [1.54, 1.807) is 0 Å². The number of benzene rings is 1. The Labute approximate surface area is 116 Å². The van der Waals surface area contributed by atoms with Crippen molar-refractivity contribution in [2.75, 3.05) is 27.2 Å². The lowest BCUT2D eigenvalue weighted by molar-refractivity contribution is -0.137. The molecule has 2 rings (SSSR count). The molecule has 0 aromatic heterocycles. The Morgan fingerprint density at radius 1 is 1.21 bits per heavy atom. The smallest absolute Gasteiger partial charge is 0.244 e. The molecule has 0 N–H and O–H groups in total. The topological polar surface area (TPSA) is 23.6 Å². The molecule has 3 nitrogen and oxygen atoms in total. The summed E-state index contributed by atoms with van der Waals surface area (Å²) in [4.78, 5) is 16.8. The number of hydrogen-bond donors (Lipinski definition) is 0. The minimum atomic E-state index is -0.158. The highest BCUT2D eigenvalue weighted by Gasteiger charge is 2.29. The van der Waals surface area contributed by atoms with E-state index in [1.165, 1.54) is 0 Å². The molecule has 1 saturated heterocycles. The average molecular weight is 260 g/mol. The van der Waals surface area contributed by atoms with Gasteiger partial charge in [0, 0.05) is 13.1 Å². The van der Waals surface area contributed by atoms with Crippen molar-refractivity contribution < 1.29 is 4.79 Å². The largest absolute Gasteiger partial charge is 0.341 e. The molecule has 1 aliphatic rings. The van der Waals surface area contributed by atoms with Gasteiger partial charge in [0.1, 0.15) is 6.04 Å². The number of carbonyl (C=O) groups is 1. The normalized spacial score (nSPS) is 18.6. The van der Waals surface area contributed by atoms with E-state index in [9.17, 15) is 4.79 Å². The quantitative estimate of drug-likeness (QED) is 0.834. The van der Waals surface area contributed by atoms with Gasteiger partial charge in [-0.25, -0.2) is 0 Å². The molecule has 1 aromatic carbocycles. The zero-order chi connectivity index (χ0) is 13.8. The molecule has 0 bridgehead atoms. The summed E-state index contributed by atoms with van der Waals surface area (Å²) in [7, 11) is 3.95. The molecule has 1 aromatic rings. The summed E-state index contributed by atoms with van der Waals surface area (Å²) in [5.74, 6) is 0.988. The van der Waals surface area contributed by atoms with E-state index in [0.717, 1.165) is 37.4 Å². The minimum absolute atomic E-state index is 0.158. The summed E-state index contributed by atoms with van der Waals surface area (Å²) in [5.41, 5.74) is 1.08. The van der Waals surface area contributed by atoms with E-state index in [1.807, 2.05) is 54.2 Å². The molecule has 3 heteroatoms. The molecule has 1 fully saturated rings. The van der Waals surface area contributed by atoms with Gasteiger partial charge in [0.05, 0.1) is 0 Å². The lowest BCUT2D eigenvalue weighted by Crippen LogP contribution is -2.44. The first-order valence-electron chi connectivity index (χ1n) is 7.09. The van der Waals surface area contributed by atoms with Crippen molar-refractivity contribution in [1.29, 1.82) is 0 Å². The molecule has 1 aliphatic heterocycles. The van der Waals surface area contributed by atoms with Crippen LogP contribution in [0.15, 0.2) is 30.3 Å². The molecule has 104 valence electrons. The summed E-state index contributed by atoms with van der Waals surface area (Å²) >= 11 is 0. The molecule has 0 spiro atoms. The van der Waals surface area contributed by atoms with Crippen LogP contribution in [0.4, 0.5) is 0 Å². The number of hydrogen-bond acceptors (Lipinski definition) is 2. The van der Waals surface area contributed by atoms with E-state index in [4.69, 9.17) is 0 Å². The zero-order valence-electron chi connectivity index (χ0n) is 12.2. The first-order chi connectivity index (χ1) is 9.09. The molecule has 0 saturated carbocycles. The number of likely N-dealkylation sites (N-methyl/N-ethyl adjacent to an activating group) is 1. The second-order valence-corrected chi connectivity index (χ2v) is 5.78. The lowest BCUT2D eigenvalue weighted by atomic mass is 9.97. The Bertz CT molecular complexity index is 408. The SMILES string of the molecule is CC1CCN(C(=O)C(c2ccccc2)N(C)C)CC1. The molecule has 0 radical (unpaired) electrons. The van der Waals surface area contributed by atoms with E-state index >= 15 is 0 Å². The number of amides is 1. The van der Waals surface area contributed by atoms with Crippen molar-refractivity contribution in [3.63, 3.8) is 0 Å². The highest BCUT2D eigenvalue weighted by molar-refractivity contribution is 5.83. The second-order valence-electron chi connectivity index (χ2n) is 5.78. The Morgan fingerprint density at radius 3 is 2.32 bits per heavy atom. The number of likely N-dealkylation sites (tertiary alicyclic amines) is 1. The van der Waals surface area contributed by atoms with Crippen LogP contribution in [0.3, 0.4) is 0 Å². The number of carbonyl (C=O) groups excluding carboxylic acids is 1. The highest BCUT2D eigenvalue weighted by atomic mass is 16.2. The van der Waals surface area contributed by atoms with Crippen LogP contribution in [0, 0.1) is 5.92 Å². The fourth-order valence-corrected chi connectivity index (χ4v) is 2.70. The van der Waals surface area contributed by atoms with Crippen LogP contribution >= 0.6 is 0 Å². The molecular formula is C16H24N2O. The summed E-state index contributed by atoms with van der Waals surface area (Å²) in [6, 6.07) is 9.90. The zero-order valence-corrected chi connectivity index (χ0v) is 12.2. The van der Waals surface area contributed by atoms with Gasteiger partial charge in [-0.05, 0) is 38.4 Å². The van der Waals surface area contributed by atoms with Gasteiger partial charge in [-0.15, -0.1) is 0 Å². The Morgan fingerprint density at radius 2 is 1.79 bits per heavy atom. The molecule has 0 aliphatic carbocycles. The van der Waals surface area contributed by atoms with Crippen molar-refractivity contribution in [3.8, 4) is 0 Å². The van der Waals surface area contributed by atoms with Gasteiger partial charge in [0.2, 0.25) is 5.91 Å². The van der Waals surface area contributed by atoms with Gasteiger partial charge >= 0.3 is 0 Å². The van der Waals surface area contributed by atoms with Crippen LogP contribution in [0.2, 0.25) is 0 Å². The van der Waals surface area contributed by atoms with Gasteiger partial charge in [0.15, 0.2) is 0 Å². The Hall–Kier alpha value is -1.35. The molecule has 1 atom stereocenters. The van der Waals surface area contributed by atoms with Crippen molar-refractivity contribution in [1.82, 2.24) is 9.80 Å². The summed E-state index contributed by atoms with van der Waals surface area (Å²) in [6.07, 6.45) is 2.25. The Kier molecular flexibility index (Phi) is 4.59. The molecule has 1 amide bonds. The average Bonchev–Trinajstić information content (AvgIpc) is 2.40. The third-order valence-corrected chi connectivity index (χ3v) is 3.96. The maximum Gasteiger partial charge on any atom is 0.244 e. The van der Waals surface area contributed by atoms with Crippen LogP contribution in [-0.2, 0) is 4.79 Å². The predicted molar refractivity (Wildman–Crippen MR) is 77.8 cm³/mol. The minimum Gasteiger partial charge on any atom is -0.341 e. The highest BCUT2D eigenvalue weighted by Crippen LogP contribution is 2.24. The van der Waals surface area contributed by atoms with Crippen molar-refractivity contribution in [2.45, 2.75) is 25.8 Å². The monoisotopic (exact) mass is 260 g/mol. The van der Waals surface area contributed by atoms with Crippen molar-refractivity contribution >= 4 is 5.91 Å². The predicted octanol–water partition coefficient (Wildman–Crippen LogP) is 2.55. The standard InChI is InChI=1S/C16H24N2O/c1-13-9-11-18(12-10-13)16(19)15(17(2)3)14-7-5-4-6-8-14/h4-8,13,15H,9-12H2,1-3H3. The van der Waals surface area contributed by atoms with Crippen LogP contribution in [-0.4, -0.2) is 42.9 Å². The molecule has 19 heavy (non-hydrogen) atoms. The molecular weight excluding hydrogens is 236 g/mol. The van der Waals surface area contributed by atoms with Crippen LogP contribution < -0.4 is 0 Å². The molecule has 1 unspecified atom stereocenters. The van der Waals surface area contributed by atoms with Gasteiger partial charge in [-0.2, -0.15) is 0 Å². The van der Waals surface area contributed by atoms with E-state index in [0.29, 0.717) is 0 Å². The van der Waals surface area contributed by atoms with Crippen LogP contribution in [0.25, 0.3) is 0 Å². The third kappa shape index (κ3) is 3.35. The maximum absolute atomic E-state index is 12.7. The Balaban J connectivity index is 2.14. The van der Waals surface area contributed by atoms with Gasteiger partial charge in [-0.1, -0.05) is 37.3 Å². The van der Waals surface area contributed by atoms with Crippen LogP contribution in [0.1, 0.15) is 31.4 Å². The van der Waals surface area contributed by atoms with E-state index < -0.39 is 0 Å². The summed E-state index contributed by atoms with van der Waals surface area (Å²) in [6.45, 7) is 4.07. The fourth-order valence-electron chi connectivity index (χ4n) is 2.70. The number of piperidine rings is 1. The van der Waals surface area contributed by atoms with Gasteiger partial charge < -0.3 is 4.90 Å². The maximum atomic E-state index is 12.7. The molecule has 1 heterocycles. The summed E-state index contributed by atoms with van der Waals surface area (Å²) in [5, 5.41) is 0. The number of nitrogens with zero attached hydrogens (tertiary/aromatic N) is 2. The first kappa shape index (κ1) is 14.1. The second kappa shape index (κ2) is 6.20. The van der Waals surface area contributed by atoms with Gasteiger partial charge in [0.25, 0.3) is 0 Å². The van der Waals surface area contributed by atoms with Crippen LogP contribution in [0.5, 0.6) is 0 Å². The lowest BCUT2D eigenvalue weighted by Gasteiger charge is -2.35.